The third kappa shape index (κ3) is 11.0. The molecule has 0 radical (unpaired) electrons. The number of ketones is 1. The Morgan fingerprint density at radius 2 is 2.11 bits per heavy atom. The predicted octanol–water partition coefficient (Wildman–Crippen LogP) is 4.17. The standard InChI is InChI=1S/C14H20ClIO2/c1-10(2)8-14(18)7-6-13(17)5-4-12(15)9-11(3)16/h6-8,12,14,18H,3-5,9H2,1-2H3/b7-6+. The Kier molecular flexibility index (Phi) is 9.68. The van der Waals surface area contributed by atoms with Crippen molar-refractivity contribution < 1.29 is 9.90 Å². The molecule has 0 bridgehead atoms. The molecule has 0 aliphatic rings. The van der Waals surface area contributed by atoms with Crippen LogP contribution in [0.5, 0.6) is 0 Å². The fourth-order valence-electron chi connectivity index (χ4n) is 1.33. The van der Waals surface area contributed by atoms with Crippen LogP contribution in [-0.2, 0) is 4.79 Å². The molecule has 0 saturated heterocycles. The number of hydrogen-bond acceptors (Lipinski definition) is 2. The lowest BCUT2D eigenvalue weighted by Crippen LogP contribution is -2.04. The van der Waals surface area contributed by atoms with E-state index in [2.05, 4.69) is 29.2 Å². The molecule has 102 valence electrons. The molecule has 2 atom stereocenters. The average molecular weight is 383 g/mol. The first-order chi connectivity index (χ1) is 8.31. The molecule has 0 rings (SSSR count). The van der Waals surface area contributed by atoms with E-state index in [1.807, 2.05) is 13.8 Å². The second-order valence-electron chi connectivity index (χ2n) is 4.42. The van der Waals surface area contributed by atoms with Crippen LogP contribution in [0.3, 0.4) is 0 Å². The smallest absolute Gasteiger partial charge is 0.155 e. The van der Waals surface area contributed by atoms with Crippen LogP contribution in [0.2, 0.25) is 0 Å². The Hall–Kier alpha value is -0.130. The van der Waals surface area contributed by atoms with E-state index in [1.54, 1.807) is 6.08 Å². The maximum atomic E-state index is 11.5. The summed E-state index contributed by atoms with van der Waals surface area (Å²) in [5, 5.41) is 9.46. The second-order valence-corrected chi connectivity index (χ2v) is 6.56. The molecule has 2 unspecified atom stereocenters. The Labute approximate surface area is 128 Å². The number of aliphatic hydroxyl groups is 1. The van der Waals surface area contributed by atoms with Gasteiger partial charge in [-0.05, 0) is 65.0 Å². The molecular formula is C14H20ClIO2. The second kappa shape index (κ2) is 9.75. The minimum atomic E-state index is -0.695. The van der Waals surface area contributed by atoms with Crippen molar-refractivity contribution in [3.05, 3.63) is 34.0 Å². The van der Waals surface area contributed by atoms with Gasteiger partial charge in [0.25, 0.3) is 0 Å². The predicted molar refractivity (Wildman–Crippen MR) is 86.2 cm³/mol. The summed E-state index contributed by atoms with van der Waals surface area (Å²) in [7, 11) is 0. The molecule has 0 heterocycles. The first kappa shape index (κ1) is 17.9. The molecule has 0 aliphatic carbocycles. The molecule has 0 aromatic rings. The third-order valence-corrected chi connectivity index (χ3v) is 2.94. The van der Waals surface area contributed by atoms with E-state index >= 15 is 0 Å². The van der Waals surface area contributed by atoms with Crippen LogP contribution in [0.25, 0.3) is 0 Å². The lowest BCUT2D eigenvalue weighted by Gasteiger charge is -2.06. The van der Waals surface area contributed by atoms with Crippen LogP contribution >= 0.6 is 34.2 Å². The van der Waals surface area contributed by atoms with Gasteiger partial charge < -0.3 is 5.11 Å². The topological polar surface area (TPSA) is 37.3 Å². The molecule has 0 aliphatic heterocycles. The Morgan fingerprint density at radius 1 is 1.50 bits per heavy atom. The first-order valence-corrected chi connectivity index (χ1v) is 7.34. The monoisotopic (exact) mass is 382 g/mol. The molecule has 0 fully saturated rings. The van der Waals surface area contributed by atoms with Crippen molar-refractivity contribution in [2.24, 2.45) is 0 Å². The summed E-state index contributed by atoms with van der Waals surface area (Å²) in [6.45, 7) is 7.57. The van der Waals surface area contributed by atoms with E-state index < -0.39 is 6.10 Å². The minimum Gasteiger partial charge on any atom is -0.385 e. The molecule has 18 heavy (non-hydrogen) atoms. The Morgan fingerprint density at radius 3 is 2.61 bits per heavy atom. The quantitative estimate of drug-likeness (QED) is 0.296. The highest BCUT2D eigenvalue weighted by Gasteiger charge is 2.07. The van der Waals surface area contributed by atoms with E-state index in [9.17, 15) is 9.90 Å². The number of alkyl halides is 1. The maximum absolute atomic E-state index is 11.5. The number of carbonyl (C=O) groups excluding carboxylic acids is 1. The van der Waals surface area contributed by atoms with Crippen LogP contribution < -0.4 is 0 Å². The Bertz CT molecular complexity index is 344. The fourth-order valence-corrected chi connectivity index (χ4v) is 2.41. The SMILES string of the molecule is C=C(I)CC(Cl)CCC(=O)/C=C/C(O)C=C(C)C. The highest BCUT2D eigenvalue weighted by molar-refractivity contribution is 14.1. The van der Waals surface area contributed by atoms with Gasteiger partial charge in [-0.15, -0.1) is 11.6 Å². The van der Waals surface area contributed by atoms with Crippen molar-refractivity contribution >= 4 is 40.0 Å². The van der Waals surface area contributed by atoms with Gasteiger partial charge in [-0.1, -0.05) is 18.2 Å². The van der Waals surface area contributed by atoms with Crippen LogP contribution in [0.15, 0.2) is 34.0 Å². The van der Waals surface area contributed by atoms with Crippen molar-refractivity contribution in [1.82, 2.24) is 0 Å². The number of halogens is 2. The van der Waals surface area contributed by atoms with Crippen molar-refractivity contribution in [3.63, 3.8) is 0 Å². The number of allylic oxidation sites excluding steroid dienone is 3. The summed E-state index contributed by atoms with van der Waals surface area (Å²) in [4.78, 5) is 11.5. The van der Waals surface area contributed by atoms with Crippen molar-refractivity contribution in [1.29, 1.82) is 0 Å². The number of carbonyl (C=O) groups is 1. The zero-order valence-corrected chi connectivity index (χ0v) is 13.7. The molecule has 0 saturated carbocycles. The zero-order chi connectivity index (χ0) is 14.1. The van der Waals surface area contributed by atoms with E-state index in [1.165, 1.54) is 12.2 Å². The van der Waals surface area contributed by atoms with E-state index in [-0.39, 0.29) is 11.2 Å². The van der Waals surface area contributed by atoms with Gasteiger partial charge in [0.05, 0.1) is 6.10 Å². The summed E-state index contributed by atoms with van der Waals surface area (Å²) < 4.78 is 0.995. The summed E-state index contributed by atoms with van der Waals surface area (Å²) in [5.74, 6) is -0.0130. The highest BCUT2D eigenvalue weighted by atomic mass is 127. The summed E-state index contributed by atoms with van der Waals surface area (Å²) >= 11 is 8.18. The van der Waals surface area contributed by atoms with E-state index in [4.69, 9.17) is 11.6 Å². The summed E-state index contributed by atoms with van der Waals surface area (Å²) in [6, 6.07) is 0. The molecule has 2 nitrogen and oxygen atoms in total. The molecular weight excluding hydrogens is 363 g/mol. The Balaban J connectivity index is 4.01. The van der Waals surface area contributed by atoms with E-state index in [0.717, 1.165) is 15.6 Å². The van der Waals surface area contributed by atoms with Gasteiger partial charge in [0.2, 0.25) is 0 Å². The zero-order valence-electron chi connectivity index (χ0n) is 10.8. The van der Waals surface area contributed by atoms with Gasteiger partial charge in [-0.3, -0.25) is 4.79 Å². The largest absolute Gasteiger partial charge is 0.385 e. The molecule has 0 aromatic heterocycles. The lowest BCUT2D eigenvalue weighted by molar-refractivity contribution is -0.114. The highest BCUT2D eigenvalue weighted by Crippen LogP contribution is 2.19. The molecule has 0 aromatic carbocycles. The maximum Gasteiger partial charge on any atom is 0.155 e. The van der Waals surface area contributed by atoms with Gasteiger partial charge in [-0.2, -0.15) is 0 Å². The molecule has 0 amide bonds. The van der Waals surface area contributed by atoms with Crippen molar-refractivity contribution in [2.75, 3.05) is 0 Å². The van der Waals surface area contributed by atoms with Crippen LogP contribution in [0, 0.1) is 0 Å². The van der Waals surface area contributed by atoms with Crippen LogP contribution in [-0.4, -0.2) is 22.4 Å². The molecule has 0 spiro atoms. The number of hydrogen-bond donors (Lipinski definition) is 1. The van der Waals surface area contributed by atoms with Crippen molar-refractivity contribution in [3.8, 4) is 0 Å². The van der Waals surface area contributed by atoms with Gasteiger partial charge in [0, 0.05) is 11.8 Å². The van der Waals surface area contributed by atoms with E-state index in [0.29, 0.717) is 12.8 Å². The van der Waals surface area contributed by atoms with Gasteiger partial charge in [-0.25, -0.2) is 0 Å². The number of aliphatic hydroxyl groups excluding tert-OH is 1. The van der Waals surface area contributed by atoms with Gasteiger partial charge in [0.15, 0.2) is 5.78 Å². The van der Waals surface area contributed by atoms with Crippen LogP contribution in [0.4, 0.5) is 0 Å². The first-order valence-electron chi connectivity index (χ1n) is 5.82. The van der Waals surface area contributed by atoms with Gasteiger partial charge in [0.1, 0.15) is 0 Å². The van der Waals surface area contributed by atoms with Crippen molar-refractivity contribution in [2.45, 2.75) is 44.6 Å². The molecule has 1 N–H and O–H groups in total. The lowest BCUT2D eigenvalue weighted by atomic mass is 10.1. The molecule has 4 heteroatoms. The third-order valence-electron chi connectivity index (χ3n) is 2.13. The van der Waals surface area contributed by atoms with Crippen LogP contribution in [0.1, 0.15) is 33.1 Å². The van der Waals surface area contributed by atoms with Gasteiger partial charge >= 0.3 is 0 Å². The average Bonchev–Trinajstić information content (AvgIpc) is 2.21. The number of rotatable bonds is 8. The minimum absolute atomic E-state index is 0.0130. The normalized spacial score (nSPS) is 14.3. The summed E-state index contributed by atoms with van der Waals surface area (Å²) in [6.07, 6.45) is 5.66. The fraction of sp³-hybridized carbons (Fsp3) is 0.500. The summed E-state index contributed by atoms with van der Waals surface area (Å²) in [5.41, 5.74) is 1.01.